The van der Waals surface area contributed by atoms with E-state index in [1.54, 1.807) is 4.90 Å². The van der Waals surface area contributed by atoms with Crippen LogP contribution in [0, 0.1) is 0 Å². The first kappa shape index (κ1) is 12.8. The third-order valence-corrected chi connectivity index (χ3v) is 2.81. The van der Waals surface area contributed by atoms with Crippen LogP contribution in [-0.4, -0.2) is 23.1 Å². The van der Waals surface area contributed by atoms with E-state index in [0.717, 1.165) is 25.8 Å². The molecule has 1 rings (SSSR count). The lowest BCUT2D eigenvalue weighted by Gasteiger charge is -2.24. The molecule has 0 bridgehead atoms. The van der Waals surface area contributed by atoms with Crippen LogP contribution in [0.25, 0.3) is 0 Å². The van der Waals surface area contributed by atoms with E-state index in [2.05, 4.69) is 22.6 Å². The van der Waals surface area contributed by atoms with E-state index in [4.69, 9.17) is 4.74 Å². The maximum Gasteiger partial charge on any atom is 0.414 e. The first-order valence-corrected chi connectivity index (χ1v) is 6.32. The van der Waals surface area contributed by atoms with Crippen LogP contribution in [0.2, 0.25) is 0 Å². The number of halogens is 1. The molecule has 1 amide bonds. The Morgan fingerprint density at radius 1 is 1.47 bits per heavy atom. The predicted octanol–water partition coefficient (Wildman–Crippen LogP) is 3.68. The van der Waals surface area contributed by atoms with Gasteiger partial charge in [0.1, 0.15) is 5.60 Å². The summed E-state index contributed by atoms with van der Waals surface area (Å²) >= 11 is 2.28. The molecule has 86 valence electrons. The number of amides is 1. The van der Waals surface area contributed by atoms with Gasteiger partial charge >= 0.3 is 6.09 Å². The number of hydrogen-bond acceptors (Lipinski definition) is 2. The van der Waals surface area contributed by atoms with Crippen LogP contribution < -0.4 is 0 Å². The van der Waals surface area contributed by atoms with Crippen molar-refractivity contribution in [2.24, 2.45) is 0 Å². The van der Waals surface area contributed by atoms with Gasteiger partial charge in [0.25, 0.3) is 0 Å². The van der Waals surface area contributed by atoms with Crippen molar-refractivity contribution in [3.05, 3.63) is 9.78 Å². The lowest BCUT2D eigenvalue weighted by atomic mass is 10.2. The number of carbonyl (C=O) groups is 1. The smallest absolute Gasteiger partial charge is 0.414 e. The summed E-state index contributed by atoms with van der Waals surface area (Å²) in [5.41, 5.74) is -0.414. The summed E-state index contributed by atoms with van der Waals surface area (Å²) in [6, 6.07) is 0. The van der Waals surface area contributed by atoms with Crippen LogP contribution in [0.1, 0.15) is 40.0 Å². The molecule has 0 spiro atoms. The fourth-order valence-corrected chi connectivity index (χ4v) is 2.06. The lowest BCUT2D eigenvalue weighted by molar-refractivity contribution is 0.0335. The van der Waals surface area contributed by atoms with E-state index < -0.39 is 5.60 Å². The second-order valence-electron chi connectivity index (χ2n) is 4.71. The number of ether oxygens (including phenoxy) is 1. The van der Waals surface area contributed by atoms with Gasteiger partial charge in [-0.25, -0.2) is 4.79 Å². The number of rotatable bonds is 0. The standard InChI is InChI=1S/C11H18INO2/c1-11(2,3)15-10(14)13-7-5-4-6-9(12)8-13/h8H,4-7H2,1-3H3. The number of carbonyl (C=O) groups excluding carboxylic acids is 1. The van der Waals surface area contributed by atoms with E-state index in [9.17, 15) is 4.79 Å². The molecule has 0 aliphatic carbocycles. The first-order chi connectivity index (χ1) is 6.88. The van der Waals surface area contributed by atoms with Crippen molar-refractivity contribution in [3.8, 4) is 0 Å². The SMILES string of the molecule is CC(C)(C)OC(=O)N1C=C(I)CCCC1. The van der Waals surface area contributed by atoms with Gasteiger partial charge in [0.2, 0.25) is 0 Å². The molecule has 0 radical (unpaired) electrons. The van der Waals surface area contributed by atoms with Crippen molar-refractivity contribution in [1.82, 2.24) is 4.90 Å². The molecule has 0 aromatic carbocycles. The number of hydrogen-bond donors (Lipinski definition) is 0. The Morgan fingerprint density at radius 3 is 2.73 bits per heavy atom. The summed E-state index contributed by atoms with van der Waals surface area (Å²) in [7, 11) is 0. The third-order valence-electron chi connectivity index (χ3n) is 1.99. The Kier molecular flexibility index (Phi) is 4.43. The highest BCUT2D eigenvalue weighted by Gasteiger charge is 2.21. The van der Waals surface area contributed by atoms with Crippen molar-refractivity contribution in [2.75, 3.05) is 6.54 Å². The normalized spacial score (nSPS) is 18.1. The zero-order valence-corrected chi connectivity index (χ0v) is 11.7. The minimum absolute atomic E-state index is 0.237. The highest BCUT2D eigenvalue weighted by Crippen LogP contribution is 2.21. The van der Waals surface area contributed by atoms with Gasteiger partial charge in [-0.05, 0) is 62.6 Å². The quantitative estimate of drug-likeness (QED) is 0.637. The highest BCUT2D eigenvalue weighted by atomic mass is 127. The van der Waals surface area contributed by atoms with Crippen LogP contribution >= 0.6 is 22.6 Å². The van der Waals surface area contributed by atoms with Crippen molar-refractivity contribution in [1.29, 1.82) is 0 Å². The average Bonchev–Trinajstić information content (AvgIpc) is 2.26. The topological polar surface area (TPSA) is 29.5 Å². The zero-order valence-electron chi connectivity index (χ0n) is 9.55. The summed E-state index contributed by atoms with van der Waals surface area (Å²) < 4.78 is 6.54. The Labute approximate surface area is 105 Å². The molecule has 1 aliphatic rings. The molecule has 0 saturated carbocycles. The average molecular weight is 323 g/mol. The molecular weight excluding hydrogens is 305 g/mol. The van der Waals surface area contributed by atoms with E-state index in [0.29, 0.717) is 0 Å². The minimum atomic E-state index is -0.414. The number of nitrogens with zero attached hydrogens (tertiary/aromatic N) is 1. The second kappa shape index (κ2) is 5.18. The monoisotopic (exact) mass is 323 g/mol. The molecule has 0 saturated heterocycles. The van der Waals surface area contributed by atoms with Gasteiger partial charge in [-0.3, -0.25) is 4.90 Å². The van der Waals surface area contributed by atoms with Crippen molar-refractivity contribution >= 4 is 28.7 Å². The Bertz CT molecular complexity index is 268. The molecule has 0 atom stereocenters. The molecule has 0 aromatic rings. The number of allylic oxidation sites excluding steroid dienone is 1. The molecule has 1 heterocycles. The second-order valence-corrected chi connectivity index (χ2v) is 6.09. The summed E-state index contributed by atoms with van der Waals surface area (Å²) in [4.78, 5) is 13.4. The van der Waals surface area contributed by atoms with Crippen LogP contribution in [0.5, 0.6) is 0 Å². The van der Waals surface area contributed by atoms with E-state index in [1.165, 1.54) is 3.58 Å². The molecule has 15 heavy (non-hydrogen) atoms. The maximum atomic E-state index is 11.8. The summed E-state index contributed by atoms with van der Waals surface area (Å²) in [5.74, 6) is 0. The zero-order chi connectivity index (χ0) is 11.5. The van der Waals surface area contributed by atoms with Crippen molar-refractivity contribution in [2.45, 2.75) is 45.6 Å². The Morgan fingerprint density at radius 2 is 2.13 bits per heavy atom. The molecule has 0 unspecified atom stereocenters. The molecule has 0 aromatic heterocycles. The maximum absolute atomic E-state index is 11.8. The summed E-state index contributed by atoms with van der Waals surface area (Å²) in [6.07, 6.45) is 4.93. The third kappa shape index (κ3) is 4.86. The summed E-state index contributed by atoms with van der Waals surface area (Å²) in [5, 5.41) is 0. The van der Waals surface area contributed by atoms with Gasteiger partial charge in [-0.15, -0.1) is 0 Å². The van der Waals surface area contributed by atoms with Gasteiger partial charge < -0.3 is 4.74 Å². The largest absolute Gasteiger partial charge is 0.443 e. The van der Waals surface area contributed by atoms with E-state index >= 15 is 0 Å². The van der Waals surface area contributed by atoms with Gasteiger partial charge in [0.05, 0.1) is 0 Å². The molecule has 1 aliphatic heterocycles. The molecule has 0 fully saturated rings. The van der Waals surface area contributed by atoms with Crippen LogP contribution in [-0.2, 0) is 4.74 Å². The fraction of sp³-hybridized carbons (Fsp3) is 0.727. The predicted molar refractivity (Wildman–Crippen MR) is 68.9 cm³/mol. The highest BCUT2D eigenvalue weighted by molar-refractivity contribution is 14.1. The lowest BCUT2D eigenvalue weighted by Crippen LogP contribution is -2.33. The Balaban J connectivity index is 2.62. The fourth-order valence-electron chi connectivity index (χ4n) is 1.34. The van der Waals surface area contributed by atoms with E-state index in [1.807, 2.05) is 27.0 Å². The Hall–Kier alpha value is -0.260. The van der Waals surface area contributed by atoms with Gasteiger partial charge in [0, 0.05) is 16.3 Å². The van der Waals surface area contributed by atoms with Gasteiger partial charge in [-0.2, -0.15) is 0 Å². The molecule has 3 nitrogen and oxygen atoms in total. The molecular formula is C11H18INO2. The van der Waals surface area contributed by atoms with Crippen LogP contribution in [0.4, 0.5) is 4.79 Å². The van der Waals surface area contributed by atoms with Crippen molar-refractivity contribution in [3.63, 3.8) is 0 Å². The molecule has 0 N–H and O–H groups in total. The van der Waals surface area contributed by atoms with Crippen molar-refractivity contribution < 1.29 is 9.53 Å². The molecule has 4 heteroatoms. The first-order valence-electron chi connectivity index (χ1n) is 5.24. The summed E-state index contributed by atoms with van der Waals surface area (Å²) in [6.45, 7) is 6.42. The van der Waals surface area contributed by atoms with Gasteiger partial charge in [-0.1, -0.05) is 0 Å². The van der Waals surface area contributed by atoms with Gasteiger partial charge in [0.15, 0.2) is 0 Å². The van der Waals surface area contributed by atoms with Crippen LogP contribution in [0.15, 0.2) is 9.78 Å². The minimum Gasteiger partial charge on any atom is -0.443 e. The van der Waals surface area contributed by atoms with Crippen LogP contribution in [0.3, 0.4) is 0 Å². The van der Waals surface area contributed by atoms with E-state index in [-0.39, 0.29) is 6.09 Å².